The van der Waals surface area contributed by atoms with Crippen molar-refractivity contribution >= 4 is 0 Å². The summed E-state index contributed by atoms with van der Waals surface area (Å²) in [6.07, 6.45) is 0. The summed E-state index contributed by atoms with van der Waals surface area (Å²) in [5, 5.41) is 0. The predicted molar refractivity (Wildman–Crippen MR) is 63.2 cm³/mol. The van der Waals surface area contributed by atoms with Crippen LogP contribution in [0.25, 0.3) is 0 Å². The van der Waals surface area contributed by atoms with Gasteiger partial charge >= 0.3 is 0 Å². The Morgan fingerprint density at radius 1 is 1.06 bits per heavy atom. The van der Waals surface area contributed by atoms with Crippen molar-refractivity contribution in [2.24, 2.45) is 0 Å². The van der Waals surface area contributed by atoms with Gasteiger partial charge < -0.3 is 14.2 Å². The third-order valence-electron chi connectivity index (χ3n) is 2.38. The van der Waals surface area contributed by atoms with Crippen LogP contribution in [0.5, 0.6) is 0 Å². The number of benzene rings is 1. The number of ether oxygens (including phenoxy) is 3. The molecular weight excluding hydrogens is 204 g/mol. The third-order valence-corrected chi connectivity index (χ3v) is 2.38. The summed E-state index contributed by atoms with van der Waals surface area (Å²) in [5.41, 5.74) is 1.02. The van der Waals surface area contributed by atoms with E-state index in [-0.39, 0.29) is 0 Å². The fraction of sp³-hybridized carbons (Fsp3) is 0.538. The molecule has 1 aromatic carbocycles. The quantitative estimate of drug-likeness (QED) is 0.526. The molecule has 0 radical (unpaired) electrons. The molecular formula is C13H20O3. The van der Waals surface area contributed by atoms with Crippen molar-refractivity contribution in [3.63, 3.8) is 0 Å². The molecule has 0 saturated carbocycles. The molecule has 1 aromatic rings. The van der Waals surface area contributed by atoms with Gasteiger partial charge in [-0.15, -0.1) is 0 Å². The lowest BCUT2D eigenvalue weighted by molar-refractivity contribution is -0.236. The third kappa shape index (κ3) is 3.59. The molecule has 0 aromatic heterocycles. The molecule has 0 saturated heterocycles. The molecule has 0 spiro atoms. The van der Waals surface area contributed by atoms with Crippen molar-refractivity contribution in [1.29, 1.82) is 0 Å². The van der Waals surface area contributed by atoms with Crippen molar-refractivity contribution in [3.8, 4) is 0 Å². The van der Waals surface area contributed by atoms with Crippen molar-refractivity contribution in [3.05, 3.63) is 35.9 Å². The first-order valence-electron chi connectivity index (χ1n) is 5.55. The van der Waals surface area contributed by atoms with Crippen molar-refractivity contribution in [2.45, 2.75) is 19.6 Å². The molecule has 0 bridgehead atoms. The summed E-state index contributed by atoms with van der Waals surface area (Å²) < 4.78 is 16.4. The Hall–Kier alpha value is -0.900. The zero-order chi connectivity index (χ0) is 11.9. The molecule has 3 nitrogen and oxygen atoms in total. The average molecular weight is 224 g/mol. The summed E-state index contributed by atoms with van der Waals surface area (Å²) in [6.45, 7) is 5.58. The molecule has 1 rings (SSSR count). The zero-order valence-electron chi connectivity index (χ0n) is 10.2. The lowest BCUT2D eigenvalue weighted by Crippen LogP contribution is -2.31. The van der Waals surface area contributed by atoms with Crippen LogP contribution < -0.4 is 0 Å². The average Bonchev–Trinajstić information content (AvgIpc) is 2.31. The monoisotopic (exact) mass is 224 g/mol. The maximum absolute atomic E-state index is 5.75. The summed E-state index contributed by atoms with van der Waals surface area (Å²) in [4.78, 5) is 0. The first kappa shape index (κ1) is 13.2. The van der Waals surface area contributed by atoms with Crippen LogP contribution in [0.2, 0.25) is 0 Å². The zero-order valence-corrected chi connectivity index (χ0v) is 10.2. The summed E-state index contributed by atoms with van der Waals surface area (Å²) >= 11 is 0. The van der Waals surface area contributed by atoms with Crippen LogP contribution in [-0.2, 0) is 20.0 Å². The Kier molecular flexibility index (Phi) is 5.46. The van der Waals surface area contributed by atoms with E-state index in [0.29, 0.717) is 19.8 Å². The molecule has 1 unspecified atom stereocenters. The van der Waals surface area contributed by atoms with Gasteiger partial charge in [0.25, 0.3) is 0 Å². The van der Waals surface area contributed by atoms with E-state index < -0.39 is 5.79 Å². The van der Waals surface area contributed by atoms with E-state index in [2.05, 4.69) is 0 Å². The van der Waals surface area contributed by atoms with Crippen molar-refractivity contribution in [2.75, 3.05) is 26.9 Å². The van der Waals surface area contributed by atoms with E-state index in [1.165, 1.54) is 0 Å². The maximum Gasteiger partial charge on any atom is 0.191 e. The van der Waals surface area contributed by atoms with E-state index in [9.17, 15) is 0 Å². The van der Waals surface area contributed by atoms with Crippen LogP contribution in [-0.4, -0.2) is 26.9 Å². The molecule has 0 fully saturated rings. The standard InChI is InChI=1S/C13H20O3/c1-4-15-13(2,16-11-10-14-3)12-8-6-5-7-9-12/h5-9H,4,10-11H2,1-3H3. The molecule has 0 heterocycles. The summed E-state index contributed by atoms with van der Waals surface area (Å²) in [5.74, 6) is -0.686. The molecule has 16 heavy (non-hydrogen) atoms. The van der Waals surface area contributed by atoms with Gasteiger partial charge in [-0.1, -0.05) is 30.3 Å². The second-order valence-electron chi connectivity index (χ2n) is 3.59. The van der Waals surface area contributed by atoms with Crippen LogP contribution in [0, 0.1) is 0 Å². The van der Waals surface area contributed by atoms with Crippen molar-refractivity contribution in [1.82, 2.24) is 0 Å². The maximum atomic E-state index is 5.75. The fourth-order valence-corrected chi connectivity index (χ4v) is 1.54. The molecule has 0 N–H and O–H groups in total. The van der Waals surface area contributed by atoms with Crippen LogP contribution in [0.15, 0.2) is 30.3 Å². The normalized spacial score (nSPS) is 14.7. The van der Waals surface area contributed by atoms with Gasteiger partial charge in [0.05, 0.1) is 13.2 Å². The first-order chi connectivity index (χ1) is 7.73. The van der Waals surface area contributed by atoms with Crippen LogP contribution in [0.1, 0.15) is 19.4 Å². The van der Waals surface area contributed by atoms with E-state index in [1.807, 2.05) is 44.2 Å². The number of methoxy groups -OCH3 is 1. The van der Waals surface area contributed by atoms with Gasteiger partial charge in [0.1, 0.15) is 0 Å². The Morgan fingerprint density at radius 3 is 2.31 bits per heavy atom. The van der Waals surface area contributed by atoms with Crippen molar-refractivity contribution < 1.29 is 14.2 Å². The first-order valence-corrected chi connectivity index (χ1v) is 5.55. The predicted octanol–water partition coefficient (Wildman–Crippen LogP) is 2.56. The SMILES string of the molecule is CCOC(C)(OCCOC)c1ccccc1. The Morgan fingerprint density at radius 2 is 1.75 bits per heavy atom. The highest BCUT2D eigenvalue weighted by atomic mass is 16.7. The minimum atomic E-state index is -0.686. The van der Waals surface area contributed by atoms with E-state index in [0.717, 1.165) is 5.56 Å². The topological polar surface area (TPSA) is 27.7 Å². The van der Waals surface area contributed by atoms with Crippen LogP contribution >= 0.6 is 0 Å². The van der Waals surface area contributed by atoms with Gasteiger partial charge in [-0.2, -0.15) is 0 Å². The Labute approximate surface area is 97.3 Å². The highest BCUT2D eigenvalue weighted by molar-refractivity contribution is 5.19. The minimum Gasteiger partial charge on any atom is -0.382 e. The van der Waals surface area contributed by atoms with Gasteiger partial charge in [-0.25, -0.2) is 0 Å². The number of rotatable bonds is 7. The molecule has 3 heteroatoms. The molecule has 0 aliphatic carbocycles. The number of hydrogen-bond acceptors (Lipinski definition) is 3. The second kappa shape index (κ2) is 6.63. The Bertz CT molecular complexity index is 286. The molecule has 0 aliphatic heterocycles. The molecule has 90 valence electrons. The second-order valence-corrected chi connectivity index (χ2v) is 3.59. The summed E-state index contributed by atoms with van der Waals surface area (Å²) in [6, 6.07) is 9.94. The smallest absolute Gasteiger partial charge is 0.191 e. The molecule has 0 aliphatic rings. The van der Waals surface area contributed by atoms with E-state index in [4.69, 9.17) is 14.2 Å². The highest BCUT2D eigenvalue weighted by Gasteiger charge is 2.27. The largest absolute Gasteiger partial charge is 0.382 e. The van der Waals surface area contributed by atoms with Gasteiger partial charge in [-0.05, 0) is 13.8 Å². The van der Waals surface area contributed by atoms with E-state index >= 15 is 0 Å². The van der Waals surface area contributed by atoms with E-state index in [1.54, 1.807) is 7.11 Å². The molecule has 0 amide bonds. The minimum absolute atomic E-state index is 0.516. The van der Waals surface area contributed by atoms with Crippen LogP contribution in [0.4, 0.5) is 0 Å². The lowest BCUT2D eigenvalue weighted by atomic mass is 10.1. The highest BCUT2D eigenvalue weighted by Crippen LogP contribution is 2.26. The Balaban J connectivity index is 2.71. The van der Waals surface area contributed by atoms with Gasteiger partial charge in [-0.3, -0.25) is 0 Å². The lowest BCUT2D eigenvalue weighted by Gasteiger charge is -2.30. The molecule has 1 atom stereocenters. The fourth-order valence-electron chi connectivity index (χ4n) is 1.54. The van der Waals surface area contributed by atoms with Gasteiger partial charge in [0, 0.05) is 19.3 Å². The summed E-state index contributed by atoms with van der Waals surface area (Å²) in [7, 11) is 1.66. The van der Waals surface area contributed by atoms with Gasteiger partial charge in [0.15, 0.2) is 5.79 Å². The number of hydrogen-bond donors (Lipinski definition) is 0. The van der Waals surface area contributed by atoms with Crippen LogP contribution in [0.3, 0.4) is 0 Å². The van der Waals surface area contributed by atoms with Gasteiger partial charge in [0.2, 0.25) is 0 Å².